The summed E-state index contributed by atoms with van der Waals surface area (Å²) in [6, 6.07) is 5.44. The predicted molar refractivity (Wildman–Crippen MR) is 90.4 cm³/mol. The zero-order chi connectivity index (χ0) is 18.7. The Balaban J connectivity index is 1.62. The molecule has 26 heavy (non-hydrogen) atoms. The van der Waals surface area contributed by atoms with Crippen LogP contribution in [0, 0.1) is 5.82 Å². The first-order valence-electron chi connectivity index (χ1n) is 8.14. The number of hydrogen-bond donors (Lipinski definition) is 1. The number of benzene rings is 1. The summed E-state index contributed by atoms with van der Waals surface area (Å²) in [6.45, 7) is 1.96. The van der Waals surface area contributed by atoms with Crippen molar-refractivity contribution in [2.24, 2.45) is 0 Å². The minimum absolute atomic E-state index is 0.0378. The molecule has 1 saturated heterocycles. The quantitative estimate of drug-likeness (QED) is 0.790. The topological polar surface area (TPSA) is 41.0 Å². The van der Waals surface area contributed by atoms with Crippen LogP contribution < -0.4 is 5.32 Å². The molecule has 3 rings (SSSR count). The van der Waals surface area contributed by atoms with E-state index in [-0.39, 0.29) is 17.0 Å². The normalized spacial score (nSPS) is 18.7. The van der Waals surface area contributed by atoms with Crippen molar-refractivity contribution >= 4 is 17.5 Å². The van der Waals surface area contributed by atoms with Crippen LogP contribution in [0.3, 0.4) is 0 Å². The molecule has 140 valence electrons. The fraction of sp³-hybridized carbons (Fsp3) is 0.412. The first-order chi connectivity index (χ1) is 12.3. The van der Waals surface area contributed by atoms with Crippen molar-refractivity contribution < 1.29 is 17.6 Å². The van der Waals surface area contributed by atoms with Gasteiger partial charge in [0.2, 0.25) is 5.95 Å². The number of nitrogens with one attached hydrogen (secondary N) is 1. The van der Waals surface area contributed by atoms with Crippen LogP contribution in [-0.2, 0) is 12.7 Å². The highest BCUT2D eigenvalue weighted by Crippen LogP contribution is 2.28. The van der Waals surface area contributed by atoms with Gasteiger partial charge in [0, 0.05) is 25.3 Å². The van der Waals surface area contributed by atoms with Gasteiger partial charge >= 0.3 is 6.18 Å². The molecule has 0 radical (unpaired) electrons. The van der Waals surface area contributed by atoms with Gasteiger partial charge in [-0.1, -0.05) is 17.7 Å². The van der Waals surface area contributed by atoms with Crippen LogP contribution in [0.5, 0.6) is 0 Å². The van der Waals surface area contributed by atoms with Crippen molar-refractivity contribution in [3.8, 4) is 0 Å². The van der Waals surface area contributed by atoms with Crippen LogP contribution in [0.1, 0.15) is 24.1 Å². The smallest absolute Gasteiger partial charge is 0.350 e. The van der Waals surface area contributed by atoms with Crippen LogP contribution in [-0.4, -0.2) is 34.0 Å². The molecule has 0 bridgehead atoms. The van der Waals surface area contributed by atoms with Crippen molar-refractivity contribution in [2.45, 2.75) is 31.6 Å². The van der Waals surface area contributed by atoms with Crippen LogP contribution in [0.4, 0.5) is 23.5 Å². The molecule has 0 spiro atoms. The fourth-order valence-corrected chi connectivity index (χ4v) is 3.10. The highest BCUT2D eigenvalue weighted by atomic mass is 35.5. The van der Waals surface area contributed by atoms with Gasteiger partial charge in [-0.3, -0.25) is 4.90 Å². The summed E-state index contributed by atoms with van der Waals surface area (Å²) in [6.07, 6.45) is -1.75. The molecule has 1 atom stereocenters. The van der Waals surface area contributed by atoms with E-state index in [0.717, 1.165) is 37.2 Å². The van der Waals surface area contributed by atoms with E-state index in [1.807, 2.05) is 0 Å². The Bertz CT molecular complexity index is 769. The lowest BCUT2D eigenvalue weighted by Crippen LogP contribution is -2.42. The van der Waals surface area contributed by atoms with Gasteiger partial charge in [-0.25, -0.2) is 14.4 Å². The number of hydrogen-bond acceptors (Lipinski definition) is 4. The summed E-state index contributed by atoms with van der Waals surface area (Å²) in [5.74, 6) is -0.502. The van der Waals surface area contributed by atoms with Crippen molar-refractivity contribution in [3.05, 3.63) is 52.6 Å². The molecule has 0 aliphatic carbocycles. The molecular weight excluding hydrogens is 372 g/mol. The minimum Gasteiger partial charge on any atom is -0.350 e. The van der Waals surface area contributed by atoms with Crippen molar-refractivity contribution in [1.82, 2.24) is 14.9 Å². The average Bonchev–Trinajstić information content (AvgIpc) is 2.58. The number of rotatable bonds is 4. The summed E-state index contributed by atoms with van der Waals surface area (Å²) in [5, 5.41) is 3.05. The second-order valence-corrected chi connectivity index (χ2v) is 6.64. The van der Waals surface area contributed by atoms with Gasteiger partial charge in [0.05, 0.1) is 5.02 Å². The Morgan fingerprint density at radius 3 is 2.81 bits per heavy atom. The second kappa shape index (κ2) is 7.75. The molecule has 1 N–H and O–H groups in total. The Morgan fingerprint density at radius 2 is 2.08 bits per heavy atom. The van der Waals surface area contributed by atoms with Gasteiger partial charge < -0.3 is 5.32 Å². The van der Waals surface area contributed by atoms with E-state index in [2.05, 4.69) is 20.2 Å². The van der Waals surface area contributed by atoms with Crippen molar-refractivity contribution in [2.75, 3.05) is 18.4 Å². The van der Waals surface area contributed by atoms with Crippen LogP contribution >= 0.6 is 11.6 Å². The van der Waals surface area contributed by atoms with E-state index in [1.165, 1.54) is 12.1 Å². The van der Waals surface area contributed by atoms with Crippen LogP contribution in [0.2, 0.25) is 5.02 Å². The van der Waals surface area contributed by atoms with Gasteiger partial charge in [-0.05, 0) is 43.1 Å². The second-order valence-electron chi connectivity index (χ2n) is 6.23. The Kier molecular flexibility index (Phi) is 5.62. The average molecular weight is 389 g/mol. The van der Waals surface area contributed by atoms with Gasteiger partial charge in [0.15, 0.2) is 0 Å². The van der Waals surface area contributed by atoms with E-state index < -0.39 is 17.7 Å². The number of anilines is 1. The lowest BCUT2D eigenvalue weighted by molar-refractivity contribution is -0.141. The van der Waals surface area contributed by atoms with Crippen LogP contribution in [0.15, 0.2) is 30.5 Å². The van der Waals surface area contributed by atoms with Crippen LogP contribution in [0.25, 0.3) is 0 Å². The summed E-state index contributed by atoms with van der Waals surface area (Å²) in [4.78, 5) is 9.52. The van der Waals surface area contributed by atoms with Gasteiger partial charge in [0.25, 0.3) is 0 Å². The number of aromatic nitrogens is 2. The monoisotopic (exact) mass is 388 g/mol. The zero-order valence-corrected chi connectivity index (χ0v) is 14.5. The first-order valence-corrected chi connectivity index (χ1v) is 8.52. The highest BCUT2D eigenvalue weighted by Gasteiger charge is 2.33. The molecule has 9 heteroatoms. The first kappa shape index (κ1) is 18.8. The van der Waals surface area contributed by atoms with Crippen molar-refractivity contribution in [3.63, 3.8) is 0 Å². The Hall–Kier alpha value is -1.93. The third-order valence-corrected chi connectivity index (χ3v) is 4.48. The number of alkyl halides is 3. The molecule has 2 aromatic rings. The Labute approximate surface area is 153 Å². The number of halogens is 5. The SMILES string of the molecule is Fc1cc(CN2CCCC(Nc3nccc(C(F)(F)F)n3)C2)ccc1Cl. The lowest BCUT2D eigenvalue weighted by Gasteiger charge is -2.33. The maximum Gasteiger partial charge on any atom is 0.433 e. The summed E-state index contributed by atoms with van der Waals surface area (Å²) >= 11 is 5.69. The standard InChI is InChI=1S/C17H17ClF4N4/c18-13-4-3-11(8-14(13)19)9-26-7-1-2-12(10-26)24-16-23-6-5-15(25-16)17(20,21)22/h3-6,8,12H,1-2,7,9-10H2,(H,23,24,25). The van der Waals surface area contributed by atoms with E-state index in [0.29, 0.717) is 13.1 Å². The number of nitrogens with zero attached hydrogens (tertiary/aromatic N) is 3. The Morgan fingerprint density at radius 1 is 1.27 bits per heavy atom. The molecule has 1 aromatic carbocycles. The van der Waals surface area contributed by atoms with Gasteiger partial charge in [0.1, 0.15) is 11.5 Å². The lowest BCUT2D eigenvalue weighted by atomic mass is 10.0. The predicted octanol–water partition coefficient (Wildman–Crippen LogP) is 4.36. The van der Waals surface area contributed by atoms with Gasteiger partial charge in [-0.2, -0.15) is 13.2 Å². The molecule has 1 unspecified atom stereocenters. The van der Waals surface area contributed by atoms with Crippen molar-refractivity contribution in [1.29, 1.82) is 0 Å². The summed E-state index contributed by atoms with van der Waals surface area (Å²) < 4.78 is 51.8. The third-order valence-electron chi connectivity index (χ3n) is 4.17. The maximum absolute atomic E-state index is 13.6. The molecule has 4 nitrogen and oxygen atoms in total. The minimum atomic E-state index is -4.50. The highest BCUT2D eigenvalue weighted by molar-refractivity contribution is 6.30. The molecule has 1 aliphatic rings. The molecule has 2 heterocycles. The summed E-state index contributed by atoms with van der Waals surface area (Å²) in [5.41, 5.74) is -0.179. The van der Waals surface area contributed by atoms with E-state index in [1.54, 1.807) is 6.07 Å². The summed E-state index contributed by atoms with van der Waals surface area (Å²) in [7, 11) is 0. The molecule has 1 aliphatic heterocycles. The maximum atomic E-state index is 13.6. The number of piperidine rings is 1. The molecule has 1 aromatic heterocycles. The molecule has 0 amide bonds. The van der Waals surface area contributed by atoms with Gasteiger partial charge in [-0.15, -0.1) is 0 Å². The molecule has 1 fully saturated rings. The van der Waals surface area contributed by atoms with E-state index in [9.17, 15) is 17.6 Å². The largest absolute Gasteiger partial charge is 0.433 e. The zero-order valence-electron chi connectivity index (χ0n) is 13.7. The number of likely N-dealkylation sites (tertiary alicyclic amines) is 1. The molecular formula is C17H17ClF4N4. The molecule has 0 saturated carbocycles. The fourth-order valence-electron chi connectivity index (χ4n) is 2.98. The van der Waals surface area contributed by atoms with E-state index >= 15 is 0 Å². The van der Waals surface area contributed by atoms with E-state index in [4.69, 9.17) is 11.6 Å². The third kappa shape index (κ3) is 4.82.